The minimum Gasteiger partial charge on any atom is -0.360 e. The molecule has 4 N–H and O–H groups in total. The number of anilines is 1. The largest absolute Gasteiger partial charge is 0.360 e. The fourth-order valence-electron chi connectivity index (χ4n) is 3.32. The van der Waals surface area contributed by atoms with Crippen LogP contribution in [0.1, 0.15) is 48.5 Å². The van der Waals surface area contributed by atoms with Crippen LogP contribution in [0, 0.1) is 20.8 Å². The van der Waals surface area contributed by atoms with Gasteiger partial charge in [-0.2, -0.15) is 11.8 Å². The number of aryl methyl sites for hydroxylation is 3. The number of aromatic amines is 1. The maximum absolute atomic E-state index is 5.50. The van der Waals surface area contributed by atoms with Crippen LogP contribution < -0.4 is 16.0 Å². The highest BCUT2D eigenvalue weighted by molar-refractivity contribution is 7.98. The van der Waals surface area contributed by atoms with Gasteiger partial charge in [0, 0.05) is 34.6 Å². The molecule has 2 aromatic heterocycles. The van der Waals surface area contributed by atoms with Gasteiger partial charge in [-0.25, -0.2) is 15.0 Å². The Hall–Kier alpha value is -2.20. The van der Waals surface area contributed by atoms with E-state index < -0.39 is 0 Å². The zero-order valence-corrected chi connectivity index (χ0v) is 19.4. The Bertz CT molecular complexity index is 853. The lowest BCUT2D eigenvalue weighted by Gasteiger charge is -2.17. The molecule has 0 unspecified atom stereocenters. The Morgan fingerprint density at radius 1 is 1.23 bits per heavy atom. The van der Waals surface area contributed by atoms with E-state index in [9.17, 15) is 0 Å². The predicted molar refractivity (Wildman–Crippen MR) is 128 cm³/mol. The van der Waals surface area contributed by atoms with Crippen molar-refractivity contribution in [2.75, 3.05) is 17.6 Å². The summed E-state index contributed by atoms with van der Waals surface area (Å²) in [6.07, 6.45) is 6.55. The molecular formula is C20H30N8S2. The number of guanidine groups is 1. The van der Waals surface area contributed by atoms with Crippen LogP contribution in [0.2, 0.25) is 0 Å². The van der Waals surface area contributed by atoms with E-state index in [1.165, 1.54) is 12.8 Å². The zero-order chi connectivity index (χ0) is 21.3. The fraction of sp³-hybridized carbons (Fsp3) is 0.550. The third-order valence-corrected chi connectivity index (χ3v) is 5.98. The molecule has 2 heterocycles. The predicted octanol–water partition coefficient (Wildman–Crippen LogP) is 3.23. The van der Waals surface area contributed by atoms with Crippen molar-refractivity contribution in [1.29, 1.82) is 0 Å². The number of hydrogen-bond acceptors (Lipinski definition) is 6. The van der Waals surface area contributed by atoms with E-state index >= 15 is 0 Å². The van der Waals surface area contributed by atoms with E-state index in [0.29, 0.717) is 29.6 Å². The van der Waals surface area contributed by atoms with Gasteiger partial charge in [0.2, 0.25) is 11.9 Å². The normalized spacial score (nSPS) is 14.7. The molecule has 0 amide bonds. The molecule has 3 rings (SSSR count). The standard InChI is InChI=1S/C20H30N8S2/c1-13-10-14(2)25-19(24-13)27-18(28-20(29)26-16-6-4-5-7-16)21-8-9-30-11-17-15(3)22-12-23-17/h10,12,16H,4-9,11H2,1-3H3,(H,22,23)(H3,21,24,25,26,27,28,29). The van der Waals surface area contributed by atoms with Crippen molar-refractivity contribution in [3.8, 4) is 0 Å². The lowest BCUT2D eigenvalue weighted by atomic mass is 10.3. The van der Waals surface area contributed by atoms with Crippen molar-refractivity contribution in [2.24, 2.45) is 4.99 Å². The number of rotatable bonds is 7. The summed E-state index contributed by atoms with van der Waals surface area (Å²) in [5, 5.41) is 10.4. The maximum atomic E-state index is 5.50. The summed E-state index contributed by atoms with van der Waals surface area (Å²) in [5.41, 5.74) is 4.01. The molecule has 162 valence electrons. The molecule has 10 heteroatoms. The summed E-state index contributed by atoms with van der Waals surface area (Å²) in [6.45, 7) is 6.57. The van der Waals surface area contributed by atoms with Gasteiger partial charge in [-0.15, -0.1) is 0 Å². The molecule has 1 aliphatic rings. The topological polar surface area (TPSA) is 103 Å². The number of aromatic nitrogens is 4. The van der Waals surface area contributed by atoms with Crippen LogP contribution in [0.5, 0.6) is 0 Å². The van der Waals surface area contributed by atoms with Gasteiger partial charge in [-0.05, 0) is 51.9 Å². The molecule has 8 nitrogen and oxygen atoms in total. The smallest absolute Gasteiger partial charge is 0.229 e. The first-order valence-electron chi connectivity index (χ1n) is 10.3. The summed E-state index contributed by atoms with van der Waals surface area (Å²) in [6, 6.07) is 2.38. The van der Waals surface area contributed by atoms with Crippen LogP contribution in [0.4, 0.5) is 5.95 Å². The number of thioether (sulfide) groups is 1. The van der Waals surface area contributed by atoms with Crippen LogP contribution in [0.3, 0.4) is 0 Å². The van der Waals surface area contributed by atoms with Gasteiger partial charge in [0.05, 0.1) is 18.6 Å². The van der Waals surface area contributed by atoms with Crippen LogP contribution in [-0.4, -0.2) is 49.3 Å². The van der Waals surface area contributed by atoms with Gasteiger partial charge in [0.25, 0.3) is 0 Å². The first-order chi connectivity index (χ1) is 14.5. The second kappa shape index (κ2) is 11.3. The quantitative estimate of drug-likeness (QED) is 0.222. The molecule has 0 atom stereocenters. The van der Waals surface area contributed by atoms with Gasteiger partial charge in [-0.3, -0.25) is 10.3 Å². The Morgan fingerprint density at radius 2 is 1.97 bits per heavy atom. The summed E-state index contributed by atoms with van der Waals surface area (Å²) < 4.78 is 0. The van der Waals surface area contributed by atoms with E-state index in [2.05, 4.69) is 40.9 Å². The van der Waals surface area contributed by atoms with Crippen LogP contribution >= 0.6 is 24.0 Å². The van der Waals surface area contributed by atoms with Gasteiger partial charge in [0.1, 0.15) is 0 Å². The van der Waals surface area contributed by atoms with E-state index in [1.54, 1.807) is 18.1 Å². The van der Waals surface area contributed by atoms with Gasteiger partial charge >= 0.3 is 0 Å². The number of aliphatic imine (C=N–C) groups is 1. The number of imidazole rings is 1. The minimum absolute atomic E-state index is 0.441. The second-order valence-electron chi connectivity index (χ2n) is 7.44. The molecule has 0 radical (unpaired) electrons. The lowest BCUT2D eigenvalue weighted by molar-refractivity contribution is 0.629. The molecule has 1 aliphatic carbocycles. The van der Waals surface area contributed by atoms with Gasteiger partial charge in [0.15, 0.2) is 5.11 Å². The molecule has 0 saturated heterocycles. The molecule has 30 heavy (non-hydrogen) atoms. The highest BCUT2D eigenvalue weighted by atomic mass is 32.2. The number of H-pyrrole nitrogens is 1. The lowest BCUT2D eigenvalue weighted by Crippen LogP contribution is -2.46. The highest BCUT2D eigenvalue weighted by Gasteiger charge is 2.16. The fourth-order valence-corrected chi connectivity index (χ4v) is 4.43. The van der Waals surface area contributed by atoms with Crippen LogP contribution in [-0.2, 0) is 5.75 Å². The summed E-state index contributed by atoms with van der Waals surface area (Å²) >= 11 is 7.30. The molecule has 1 fully saturated rings. The van der Waals surface area contributed by atoms with Gasteiger partial charge in [-0.1, -0.05) is 12.8 Å². The molecule has 1 saturated carbocycles. The Labute approximate surface area is 187 Å². The van der Waals surface area contributed by atoms with E-state index in [-0.39, 0.29) is 0 Å². The number of hydrogen-bond donors (Lipinski definition) is 4. The van der Waals surface area contributed by atoms with Crippen molar-refractivity contribution in [3.05, 3.63) is 35.2 Å². The summed E-state index contributed by atoms with van der Waals surface area (Å²) in [4.78, 5) is 21.0. The summed E-state index contributed by atoms with van der Waals surface area (Å²) in [5.74, 6) is 2.81. The number of nitrogens with one attached hydrogen (secondary N) is 4. The Balaban J connectivity index is 1.57. The summed E-state index contributed by atoms with van der Waals surface area (Å²) in [7, 11) is 0. The van der Waals surface area contributed by atoms with Crippen LogP contribution in [0.25, 0.3) is 0 Å². The van der Waals surface area contributed by atoms with Crippen molar-refractivity contribution < 1.29 is 0 Å². The van der Waals surface area contributed by atoms with E-state index in [4.69, 9.17) is 12.2 Å². The van der Waals surface area contributed by atoms with Crippen molar-refractivity contribution in [3.63, 3.8) is 0 Å². The Morgan fingerprint density at radius 3 is 2.63 bits per heavy atom. The first kappa shape index (κ1) is 22.5. The molecule has 0 spiro atoms. The SMILES string of the molecule is Cc1cc(C)nc(NC(=NCCSCc2nc[nH]c2C)NC(=S)NC2CCCC2)n1. The molecule has 0 bridgehead atoms. The average molecular weight is 447 g/mol. The van der Waals surface area contributed by atoms with E-state index in [1.807, 2.05) is 26.8 Å². The third kappa shape index (κ3) is 7.24. The average Bonchev–Trinajstić information content (AvgIpc) is 3.32. The highest BCUT2D eigenvalue weighted by Crippen LogP contribution is 2.17. The number of nitrogens with zero attached hydrogens (tertiary/aromatic N) is 4. The molecule has 0 aromatic carbocycles. The molecule has 0 aliphatic heterocycles. The first-order valence-corrected chi connectivity index (χ1v) is 11.8. The van der Waals surface area contributed by atoms with E-state index in [0.717, 1.165) is 47.1 Å². The van der Waals surface area contributed by atoms with Crippen molar-refractivity contribution >= 4 is 41.0 Å². The monoisotopic (exact) mass is 446 g/mol. The number of thiocarbonyl (C=S) groups is 1. The van der Waals surface area contributed by atoms with Crippen molar-refractivity contribution in [1.82, 2.24) is 30.6 Å². The van der Waals surface area contributed by atoms with Gasteiger partial charge < -0.3 is 15.6 Å². The van der Waals surface area contributed by atoms with Crippen molar-refractivity contribution in [2.45, 2.75) is 58.2 Å². The maximum Gasteiger partial charge on any atom is 0.229 e. The third-order valence-electron chi connectivity index (χ3n) is 4.81. The zero-order valence-electron chi connectivity index (χ0n) is 17.8. The Kier molecular flexibility index (Phi) is 8.44. The second-order valence-corrected chi connectivity index (χ2v) is 8.95. The minimum atomic E-state index is 0.441. The van der Waals surface area contributed by atoms with Crippen LogP contribution in [0.15, 0.2) is 17.4 Å². The molecule has 2 aromatic rings. The molecular weight excluding hydrogens is 416 g/mol.